The second-order valence-corrected chi connectivity index (χ2v) is 7.89. The van der Waals surface area contributed by atoms with Crippen molar-refractivity contribution >= 4 is 17.2 Å². The van der Waals surface area contributed by atoms with E-state index in [0.717, 1.165) is 34.9 Å². The van der Waals surface area contributed by atoms with Crippen molar-refractivity contribution in [2.75, 3.05) is 14.2 Å². The van der Waals surface area contributed by atoms with Gasteiger partial charge in [0.2, 0.25) is 0 Å². The Balaban J connectivity index is 1.82. The number of fused-ring (bicyclic) bond motifs is 1. The predicted molar refractivity (Wildman–Crippen MR) is 120 cm³/mol. The van der Waals surface area contributed by atoms with Gasteiger partial charge in [-0.2, -0.15) is 0 Å². The third-order valence-electron chi connectivity index (χ3n) is 5.91. The van der Waals surface area contributed by atoms with E-state index in [-0.39, 0.29) is 0 Å². The Hall–Kier alpha value is -2.71. The monoisotopic (exact) mass is 404 g/mol. The maximum absolute atomic E-state index is 6.50. The smallest absolute Gasteiger partial charge is 0.119 e. The number of halogens is 1. The van der Waals surface area contributed by atoms with E-state index in [1.54, 1.807) is 14.2 Å². The summed E-state index contributed by atoms with van der Waals surface area (Å²) in [5, 5.41) is 0.809. The summed E-state index contributed by atoms with van der Waals surface area (Å²) in [4.78, 5) is 0. The molecule has 0 saturated carbocycles. The van der Waals surface area contributed by atoms with Crippen molar-refractivity contribution in [3.63, 3.8) is 0 Å². The van der Waals surface area contributed by atoms with Gasteiger partial charge in [-0.25, -0.2) is 0 Å². The molecule has 0 aromatic heterocycles. The van der Waals surface area contributed by atoms with Crippen LogP contribution in [0.25, 0.3) is 5.57 Å². The lowest BCUT2D eigenvalue weighted by atomic mass is 9.74. The summed E-state index contributed by atoms with van der Waals surface area (Å²) >= 11 is 6.50. The first-order valence-corrected chi connectivity index (χ1v) is 10.2. The maximum Gasteiger partial charge on any atom is 0.119 e. The molecule has 1 unspecified atom stereocenters. The number of rotatable bonds is 5. The molecule has 29 heavy (non-hydrogen) atoms. The highest BCUT2D eigenvalue weighted by molar-refractivity contribution is 6.31. The highest BCUT2D eigenvalue weighted by atomic mass is 35.5. The van der Waals surface area contributed by atoms with Crippen LogP contribution < -0.4 is 9.47 Å². The Morgan fingerprint density at radius 2 is 1.59 bits per heavy atom. The average Bonchev–Trinajstić information content (AvgIpc) is 2.76. The minimum Gasteiger partial charge on any atom is -0.497 e. The molecule has 0 heterocycles. The van der Waals surface area contributed by atoms with Crippen LogP contribution in [0, 0.1) is 0 Å². The molecule has 3 aromatic rings. The first-order chi connectivity index (χ1) is 14.1. The van der Waals surface area contributed by atoms with Crippen LogP contribution >= 0.6 is 11.6 Å². The molecule has 0 bridgehead atoms. The van der Waals surface area contributed by atoms with Crippen molar-refractivity contribution in [3.05, 3.63) is 99.6 Å². The van der Waals surface area contributed by atoms with Gasteiger partial charge in [-0.15, -0.1) is 0 Å². The molecular weight excluding hydrogens is 380 g/mol. The highest BCUT2D eigenvalue weighted by Crippen LogP contribution is 2.43. The SMILES string of the molecule is COc1ccc(C2Cc3ccc(OC)cc3C(Cc3ccccc3Cl)=C2C)cc1. The van der Waals surface area contributed by atoms with Crippen LogP contribution in [0.4, 0.5) is 0 Å². The zero-order valence-electron chi connectivity index (χ0n) is 17.0. The van der Waals surface area contributed by atoms with Gasteiger partial charge in [-0.1, -0.05) is 53.6 Å². The zero-order valence-corrected chi connectivity index (χ0v) is 17.8. The molecule has 3 aromatic carbocycles. The molecular formula is C26H25ClO2. The Morgan fingerprint density at radius 1 is 0.897 bits per heavy atom. The molecule has 1 atom stereocenters. The van der Waals surface area contributed by atoms with Gasteiger partial charge in [-0.05, 0) is 77.9 Å². The van der Waals surface area contributed by atoms with Gasteiger partial charge in [0.25, 0.3) is 0 Å². The lowest BCUT2D eigenvalue weighted by Gasteiger charge is -2.30. The van der Waals surface area contributed by atoms with Crippen molar-refractivity contribution < 1.29 is 9.47 Å². The van der Waals surface area contributed by atoms with Gasteiger partial charge in [0.05, 0.1) is 14.2 Å². The molecule has 0 aliphatic heterocycles. The van der Waals surface area contributed by atoms with Crippen LogP contribution in [0.15, 0.2) is 72.3 Å². The van der Waals surface area contributed by atoms with Gasteiger partial charge in [-0.3, -0.25) is 0 Å². The van der Waals surface area contributed by atoms with Crippen LogP contribution in [0.2, 0.25) is 5.02 Å². The number of hydrogen-bond donors (Lipinski definition) is 0. The second-order valence-electron chi connectivity index (χ2n) is 7.48. The highest BCUT2D eigenvalue weighted by Gasteiger charge is 2.26. The molecule has 1 aliphatic rings. The van der Waals surface area contributed by atoms with Crippen LogP contribution in [-0.2, 0) is 12.8 Å². The Morgan fingerprint density at radius 3 is 2.28 bits per heavy atom. The molecule has 4 rings (SSSR count). The zero-order chi connectivity index (χ0) is 20.4. The average molecular weight is 405 g/mol. The Kier molecular flexibility index (Phi) is 5.64. The fraction of sp³-hybridized carbons (Fsp3) is 0.231. The van der Waals surface area contributed by atoms with E-state index in [4.69, 9.17) is 21.1 Å². The Labute approximate surface area is 177 Å². The molecule has 3 heteroatoms. The summed E-state index contributed by atoms with van der Waals surface area (Å²) in [6.45, 7) is 2.25. The van der Waals surface area contributed by atoms with E-state index >= 15 is 0 Å². The van der Waals surface area contributed by atoms with E-state index in [1.807, 2.05) is 30.3 Å². The quantitative estimate of drug-likeness (QED) is 0.470. The molecule has 2 nitrogen and oxygen atoms in total. The van der Waals surface area contributed by atoms with Crippen LogP contribution in [0.1, 0.15) is 35.1 Å². The number of benzene rings is 3. The Bertz CT molecular complexity index is 1050. The second kappa shape index (κ2) is 8.34. The maximum atomic E-state index is 6.50. The standard InChI is InChI=1S/C26H25ClO2/c1-17-23(18-8-11-21(28-2)12-9-18)14-19-10-13-22(29-3)16-25(19)24(17)15-20-6-4-5-7-26(20)27/h4-13,16,23H,14-15H2,1-3H3. The molecule has 0 amide bonds. The third kappa shape index (κ3) is 3.90. The van der Waals surface area contributed by atoms with Gasteiger partial charge >= 0.3 is 0 Å². The summed E-state index contributed by atoms with van der Waals surface area (Å²) in [5.41, 5.74) is 7.79. The van der Waals surface area contributed by atoms with E-state index in [2.05, 4.69) is 43.3 Å². The van der Waals surface area contributed by atoms with E-state index < -0.39 is 0 Å². The largest absolute Gasteiger partial charge is 0.497 e. The van der Waals surface area contributed by atoms with Crippen LogP contribution in [0.3, 0.4) is 0 Å². The van der Waals surface area contributed by atoms with Gasteiger partial charge in [0.1, 0.15) is 11.5 Å². The van der Waals surface area contributed by atoms with E-state index in [0.29, 0.717) is 5.92 Å². The van der Waals surface area contributed by atoms with E-state index in [1.165, 1.54) is 27.8 Å². The van der Waals surface area contributed by atoms with Crippen LogP contribution in [0.5, 0.6) is 11.5 Å². The number of allylic oxidation sites excluding steroid dienone is 2. The van der Waals surface area contributed by atoms with Crippen molar-refractivity contribution in [1.82, 2.24) is 0 Å². The van der Waals surface area contributed by atoms with Crippen molar-refractivity contribution in [3.8, 4) is 11.5 Å². The minimum absolute atomic E-state index is 0.333. The lowest BCUT2D eigenvalue weighted by molar-refractivity contribution is 0.414. The molecule has 148 valence electrons. The summed E-state index contributed by atoms with van der Waals surface area (Å²) in [6.07, 6.45) is 1.78. The van der Waals surface area contributed by atoms with Crippen LogP contribution in [-0.4, -0.2) is 14.2 Å². The fourth-order valence-corrected chi connectivity index (χ4v) is 4.41. The van der Waals surface area contributed by atoms with Crippen molar-refractivity contribution in [1.29, 1.82) is 0 Å². The topological polar surface area (TPSA) is 18.5 Å². The molecule has 0 spiro atoms. The van der Waals surface area contributed by atoms with E-state index in [9.17, 15) is 0 Å². The fourth-order valence-electron chi connectivity index (χ4n) is 4.21. The normalized spacial score (nSPS) is 15.8. The number of hydrogen-bond acceptors (Lipinski definition) is 2. The van der Waals surface area contributed by atoms with Gasteiger partial charge in [0, 0.05) is 10.9 Å². The summed E-state index contributed by atoms with van der Waals surface area (Å²) in [7, 11) is 3.42. The predicted octanol–water partition coefficient (Wildman–Crippen LogP) is 6.71. The third-order valence-corrected chi connectivity index (χ3v) is 6.28. The number of methoxy groups -OCH3 is 2. The molecule has 1 aliphatic carbocycles. The summed E-state index contributed by atoms with van der Waals surface area (Å²) in [6, 6.07) is 22.9. The molecule has 0 saturated heterocycles. The number of ether oxygens (including phenoxy) is 2. The minimum atomic E-state index is 0.333. The molecule has 0 radical (unpaired) electrons. The van der Waals surface area contributed by atoms with Gasteiger partial charge in [0.15, 0.2) is 0 Å². The van der Waals surface area contributed by atoms with Crippen molar-refractivity contribution in [2.24, 2.45) is 0 Å². The summed E-state index contributed by atoms with van der Waals surface area (Å²) < 4.78 is 10.9. The van der Waals surface area contributed by atoms with Gasteiger partial charge < -0.3 is 9.47 Å². The summed E-state index contributed by atoms with van der Waals surface area (Å²) in [5.74, 6) is 2.10. The molecule has 0 fully saturated rings. The first kappa shape index (κ1) is 19.6. The lowest BCUT2D eigenvalue weighted by Crippen LogP contribution is -2.15. The molecule has 0 N–H and O–H groups in total. The van der Waals surface area contributed by atoms with Crippen molar-refractivity contribution in [2.45, 2.75) is 25.7 Å². The first-order valence-electron chi connectivity index (χ1n) is 9.85.